The minimum absolute atomic E-state index is 0.234. The van der Waals surface area contributed by atoms with Crippen LogP contribution in [0.1, 0.15) is 76.3 Å². The molecule has 0 heterocycles. The number of nitrogens with zero attached hydrogens (tertiary/aromatic N) is 2. The van der Waals surface area contributed by atoms with Crippen LogP contribution in [0.15, 0.2) is 64.8 Å². The maximum absolute atomic E-state index is 13.1. The molecule has 0 bridgehead atoms. The Hall–Kier alpha value is -2.29. The lowest BCUT2D eigenvalue weighted by Crippen LogP contribution is -2.26. The Morgan fingerprint density at radius 1 is 0.933 bits per heavy atom. The van der Waals surface area contributed by atoms with Crippen molar-refractivity contribution in [2.75, 3.05) is 0 Å². The van der Waals surface area contributed by atoms with Gasteiger partial charge < -0.3 is 0 Å². The predicted molar refractivity (Wildman–Crippen MR) is 126 cm³/mol. The second-order valence-corrected chi connectivity index (χ2v) is 8.60. The van der Waals surface area contributed by atoms with E-state index in [0.717, 1.165) is 28.7 Å². The summed E-state index contributed by atoms with van der Waals surface area (Å²) in [6, 6.07) is 16.8. The Morgan fingerprint density at radius 3 is 2.17 bits per heavy atom. The first kappa shape index (κ1) is 22.4. The fraction of sp³-hybridized carbons (Fsp3) is 0.481. The molecule has 2 aromatic carbocycles. The van der Waals surface area contributed by atoms with Crippen LogP contribution < -0.4 is 0 Å². The quantitative estimate of drug-likeness (QED) is 0.301. The van der Waals surface area contributed by atoms with Gasteiger partial charge in [0.05, 0.1) is 11.9 Å². The zero-order chi connectivity index (χ0) is 21.2. The number of benzene rings is 2. The standard InChI is InChI=1S/C27H35FN2/c1-3-8-22(9-4-2)23-14-16-25(17-15-23)27(24-10-6-5-7-11-24)30-29-20-21-12-18-26(28)19-13-21/h5-7,10-13,18-20,22-23,25H,3-4,8-9,14-17H2,1-2H3/t23-,25-. The van der Waals surface area contributed by atoms with E-state index in [1.165, 1.54) is 63.5 Å². The third-order valence-corrected chi connectivity index (χ3v) is 6.46. The first-order chi connectivity index (χ1) is 14.7. The van der Waals surface area contributed by atoms with Crippen LogP contribution in [0.4, 0.5) is 4.39 Å². The molecule has 1 saturated carbocycles. The Morgan fingerprint density at radius 2 is 1.57 bits per heavy atom. The van der Waals surface area contributed by atoms with Crippen molar-refractivity contribution < 1.29 is 4.39 Å². The first-order valence-corrected chi connectivity index (χ1v) is 11.6. The van der Waals surface area contributed by atoms with Crippen LogP contribution in [0.25, 0.3) is 0 Å². The Kier molecular flexibility index (Phi) is 8.80. The molecule has 0 spiro atoms. The van der Waals surface area contributed by atoms with E-state index in [0.29, 0.717) is 5.92 Å². The summed E-state index contributed by atoms with van der Waals surface area (Å²) in [6.45, 7) is 4.63. The van der Waals surface area contributed by atoms with Gasteiger partial charge in [0.15, 0.2) is 0 Å². The molecule has 3 rings (SSSR count). The summed E-state index contributed by atoms with van der Waals surface area (Å²) in [5.74, 6) is 1.97. The molecule has 0 N–H and O–H groups in total. The molecule has 0 radical (unpaired) electrons. The molecule has 160 valence electrons. The molecular formula is C27H35FN2. The predicted octanol–water partition coefficient (Wildman–Crippen LogP) is 7.67. The summed E-state index contributed by atoms with van der Waals surface area (Å²) in [6.07, 6.45) is 12.0. The number of hydrogen-bond donors (Lipinski definition) is 0. The van der Waals surface area contributed by atoms with Gasteiger partial charge in [-0.25, -0.2) is 4.39 Å². The lowest BCUT2D eigenvalue weighted by molar-refractivity contribution is 0.206. The van der Waals surface area contributed by atoms with Crippen molar-refractivity contribution in [2.24, 2.45) is 28.0 Å². The van der Waals surface area contributed by atoms with Crippen molar-refractivity contribution in [2.45, 2.75) is 65.2 Å². The Bertz CT molecular complexity index is 797. The van der Waals surface area contributed by atoms with E-state index in [-0.39, 0.29) is 5.82 Å². The van der Waals surface area contributed by atoms with E-state index < -0.39 is 0 Å². The van der Waals surface area contributed by atoms with Crippen molar-refractivity contribution in [3.05, 3.63) is 71.5 Å². The van der Waals surface area contributed by atoms with Gasteiger partial charge in [-0.15, -0.1) is 0 Å². The van der Waals surface area contributed by atoms with Crippen LogP contribution in [0.3, 0.4) is 0 Å². The first-order valence-electron chi connectivity index (χ1n) is 11.6. The lowest BCUT2D eigenvalue weighted by Gasteiger charge is -2.34. The molecule has 0 aliphatic heterocycles. The summed E-state index contributed by atoms with van der Waals surface area (Å²) in [4.78, 5) is 0. The molecule has 1 fully saturated rings. The van der Waals surface area contributed by atoms with Crippen molar-refractivity contribution in [1.82, 2.24) is 0 Å². The van der Waals surface area contributed by atoms with E-state index in [1.54, 1.807) is 18.3 Å². The smallest absolute Gasteiger partial charge is 0.123 e. The topological polar surface area (TPSA) is 24.7 Å². The number of hydrogen-bond acceptors (Lipinski definition) is 2. The summed E-state index contributed by atoms with van der Waals surface area (Å²) in [7, 11) is 0. The number of halogens is 1. The van der Waals surface area contributed by atoms with Crippen molar-refractivity contribution >= 4 is 11.9 Å². The van der Waals surface area contributed by atoms with Crippen LogP contribution in [0.5, 0.6) is 0 Å². The summed E-state index contributed by atoms with van der Waals surface area (Å²) in [5, 5.41) is 9.05. The largest absolute Gasteiger partial charge is 0.207 e. The van der Waals surface area contributed by atoms with Crippen LogP contribution in [-0.2, 0) is 0 Å². The third-order valence-electron chi connectivity index (χ3n) is 6.46. The minimum Gasteiger partial charge on any atom is -0.207 e. The average Bonchev–Trinajstić information content (AvgIpc) is 2.79. The van der Waals surface area contributed by atoms with Gasteiger partial charge in [-0.3, -0.25) is 0 Å². The lowest BCUT2D eigenvalue weighted by atomic mass is 9.71. The highest BCUT2D eigenvalue weighted by Gasteiger charge is 2.29. The highest BCUT2D eigenvalue weighted by molar-refractivity contribution is 6.02. The maximum Gasteiger partial charge on any atom is 0.123 e. The summed E-state index contributed by atoms with van der Waals surface area (Å²) in [5.41, 5.74) is 3.11. The fourth-order valence-corrected chi connectivity index (χ4v) is 4.91. The molecule has 1 aliphatic carbocycles. The van der Waals surface area contributed by atoms with Gasteiger partial charge in [-0.1, -0.05) is 82.0 Å². The number of rotatable bonds is 9. The average molecular weight is 407 g/mol. The van der Waals surface area contributed by atoms with Gasteiger partial charge in [0, 0.05) is 5.92 Å². The molecule has 0 unspecified atom stereocenters. The van der Waals surface area contributed by atoms with E-state index in [1.807, 2.05) is 6.07 Å². The fourth-order valence-electron chi connectivity index (χ4n) is 4.91. The van der Waals surface area contributed by atoms with Gasteiger partial charge in [0.1, 0.15) is 5.82 Å². The molecule has 30 heavy (non-hydrogen) atoms. The van der Waals surface area contributed by atoms with Crippen LogP contribution >= 0.6 is 0 Å². The van der Waals surface area contributed by atoms with Crippen LogP contribution in [0, 0.1) is 23.6 Å². The summed E-state index contributed by atoms with van der Waals surface area (Å²) >= 11 is 0. The highest BCUT2D eigenvalue weighted by atomic mass is 19.1. The van der Waals surface area contributed by atoms with Crippen LogP contribution in [0.2, 0.25) is 0 Å². The SMILES string of the molecule is CCCC(CCC)[C@H]1CC[C@H](C(=NN=Cc2ccc(F)cc2)c2ccccc2)CC1. The molecule has 2 nitrogen and oxygen atoms in total. The second kappa shape index (κ2) is 11.8. The van der Waals surface area contributed by atoms with Gasteiger partial charge in [0.2, 0.25) is 0 Å². The van der Waals surface area contributed by atoms with Gasteiger partial charge in [-0.2, -0.15) is 10.2 Å². The van der Waals surface area contributed by atoms with Crippen LogP contribution in [-0.4, -0.2) is 11.9 Å². The van der Waals surface area contributed by atoms with Crippen molar-refractivity contribution in [3.63, 3.8) is 0 Å². The van der Waals surface area contributed by atoms with Gasteiger partial charge in [-0.05, 0) is 60.8 Å². The normalized spacial score (nSPS) is 20.2. The van der Waals surface area contributed by atoms with Crippen molar-refractivity contribution in [1.29, 1.82) is 0 Å². The van der Waals surface area contributed by atoms with Gasteiger partial charge >= 0.3 is 0 Å². The Balaban J connectivity index is 1.73. The zero-order valence-electron chi connectivity index (χ0n) is 18.4. The van der Waals surface area contributed by atoms with Gasteiger partial charge in [0.25, 0.3) is 0 Å². The third kappa shape index (κ3) is 6.35. The molecule has 0 aromatic heterocycles. The Labute approximate surface area is 181 Å². The zero-order valence-corrected chi connectivity index (χ0v) is 18.4. The molecule has 0 saturated heterocycles. The molecule has 1 aliphatic rings. The molecule has 3 heteroatoms. The molecular weight excluding hydrogens is 371 g/mol. The minimum atomic E-state index is -0.234. The van der Waals surface area contributed by atoms with Crippen molar-refractivity contribution in [3.8, 4) is 0 Å². The maximum atomic E-state index is 13.1. The monoisotopic (exact) mass is 406 g/mol. The summed E-state index contributed by atoms with van der Waals surface area (Å²) < 4.78 is 13.1. The van der Waals surface area contributed by atoms with E-state index in [9.17, 15) is 4.39 Å². The molecule has 2 aromatic rings. The second-order valence-electron chi connectivity index (χ2n) is 8.60. The highest BCUT2D eigenvalue weighted by Crippen LogP contribution is 2.38. The van der Waals surface area contributed by atoms with E-state index in [4.69, 9.17) is 0 Å². The molecule has 0 atom stereocenters. The van der Waals surface area contributed by atoms with E-state index >= 15 is 0 Å². The van der Waals surface area contributed by atoms with E-state index in [2.05, 4.69) is 48.3 Å². The molecule has 0 amide bonds.